The lowest BCUT2D eigenvalue weighted by atomic mass is 9.90. The minimum absolute atomic E-state index is 0. The predicted molar refractivity (Wildman–Crippen MR) is 110 cm³/mol. The molecule has 29 heavy (non-hydrogen) atoms. The Bertz CT molecular complexity index is 1150. The average Bonchev–Trinajstić information content (AvgIpc) is 2.70. The van der Waals surface area contributed by atoms with E-state index >= 15 is 0 Å². The number of nitrogens with zero attached hydrogens (tertiary/aromatic N) is 1. The molecule has 0 radical (unpaired) electrons. The van der Waals surface area contributed by atoms with Crippen molar-refractivity contribution in [1.82, 2.24) is 0 Å². The third-order valence-electron chi connectivity index (χ3n) is 4.88. The first-order chi connectivity index (χ1) is 13.5. The van der Waals surface area contributed by atoms with Gasteiger partial charge in [0, 0.05) is 34.0 Å². The van der Waals surface area contributed by atoms with Gasteiger partial charge in [0.2, 0.25) is 5.78 Å². The Morgan fingerprint density at radius 2 is 1.45 bits per heavy atom. The van der Waals surface area contributed by atoms with E-state index in [1.165, 1.54) is 0 Å². The van der Waals surface area contributed by atoms with Gasteiger partial charge >= 0.3 is 0 Å². The minimum Gasteiger partial charge on any atom is -1.00 e. The van der Waals surface area contributed by atoms with Gasteiger partial charge in [0.05, 0.1) is 0 Å². The van der Waals surface area contributed by atoms with Crippen molar-refractivity contribution in [3.63, 3.8) is 0 Å². The summed E-state index contributed by atoms with van der Waals surface area (Å²) in [5, 5.41) is 3.77. The summed E-state index contributed by atoms with van der Waals surface area (Å²) in [4.78, 5) is 26.6. The van der Waals surface area contributed by atoms with Crippen LogP contribution >= 0.6 is 11.6 Å². The molecule has 146 valence electrons. The molecule has 3 aromatic rings. The van der Waals surface area contributed by atoms with Crippen molar-refractivity contribution in [1.29, 1.82) is 0 Å². The van der Waals surface area contributed by atoms with Gasteiger partial charge < -0.3 is 29.3 Å². The molecule has 0 fully saturated rings. The highest BCUT2D eigenvalue weighted by atomic mass is 127. The number of nitrogens with one attached hydrogen (secondary N) is 1. The topological polar surface area (TPSA) is 50.1 Å². The fourth-order valence-corrected chi connectivity index (χ4v) is 3.43. The van der Waals surface area contributed by atoms with Crippen molar-refractivity contribution in [2.24, 2.45) is 0 Å². The Hall–Kier alpha value is -2.51. The lowest BCUT2D eigenvalue weighted by Crippen LogP contribution is -3.00. The van der Waals surface area contributed by atoms with Crippen molar-refractivity contribution in [3.05, 3.63) is 100.0 Å². The van der Waals surface area contributed by atoms with Gasteiger partial charge in [-0.15, -0.1) is 0 Å². The number of rotatable bonds is 3. The number of anilines is 1. The molecule has 1 aromatic heterocycles. The first-order valence-corrected chi connectivity index (χ1v) is 9.28. The average molecular weight is 517 g/mol. The van der Waals surface area contributed by atoms with Gasteiger partial charge in [-0.2, -0.15) is 4.57 Å². The standard InChI is InChI=1S/C23H17ClN2O2.HI/c1-14-10-12-26(13-11-14)21-20(25-19-9-5-8-18(24)15(19)2)22(27)16-6-3-4-7-17(16)23(21)28;/h3-13H,1-2H3;1H. The van der Waals surface area contributed by atoms with Crippen LogP contribution in [0.3, 0.4) is 0 Å². The van der Waals surface area contributed by atoms with Crippen LogP contribution < -0.4 is 33.9 Å². The molecule has 4 rings (SSSR count). The van der Waals surface area contributed by atoms with E-state index in [-0.39, 0.29) is 41.2 Å². The Kier molecular flexibility index (Phi) is 6.19. The van der Waals surface area contributed by atoms with Crippen molar-refractivity contribution in [2.45, 2.75) is 13.8 Å². The lowest BCUT2D eigenvalue weighted by Gasteiger charge is -2.19. The number of ketones is 2. The van der Waals surface area contributed by atoms with Gasteiger partial charge in [-0.25, -0.2) is 0 Å². The zero-order valence-corrected chi connectivity index (χ0v) is 18.8. The molecule has 1 N–H and O–H groups in total. The van der Waals surface area contributed by atoms with E-state index in [1.807, 2.05) is 32.0 Å². The van der Waals surface area contributed by atoms with E-state index in [9.17, 15) is 9.59 Å². The summed E-state index contributed by atoms with van der Waals surface area (Å²) in [6.07, 6.45) is 3.58. The number of halogens is 2. The maximum atomic E-state index is 13.3. The van der Waals surface area contributed by atoms with E-state index in [0.29, 0.717) is 27.5 Å². The molecule has 0 spiro atoms. The van der Waals surface area contributed by atoms with Crippen molar-refractivity contribution in [3.8, 4) is 0 Å². The van der Waals surface area contributed by atoms with Gasteiger partial charge in [0.15, 0.2) is 18.1 Å². The van der Waals surface area contributed by atoms with Crippen LogP contribution in [0.2, 0.25) is 5.02 Å². The molecular weight excluding hydrogens is 499 g/mol. The van der Waals surface area contributed by atoms with Crippen molar-refractivity contribution in [2.75, 3.05) is 5.32 Å². The highest BCUT2D eigenvalue weighted by molar-refractivity contribution is 6.36. The first kappa shape index (κ1) is 21.2. The van der Waals surface area contributed by atoms with Gasteiger partial charge in [-0.1, -0.05) is 41.9 Å². The van der Waals surface area contributed by atoms with Crippen molar-refractivity contribution >= 4 is 34.6 Å². The first-order valence-electron chi connectivity index (χ1n) is 8.90. The number of carbonyl (C=O) groups is 2. The summed E-state index contributed by atoms with van der Waals surface area (Å²) >= 11 is 6.24. The number of aryl methyl sites for hydroxylation is 1. The second-order valence-corrected chi connectivity index (χ2v) is 7.15. The summed E-state index contributed by atoms with van der Waals surface area (Å²) in [7, 11) is 0. The summed E-state index contributed by atoms with van der Waals surface area (Å²) in [5.74, 6) is -0.427. The van der Waals surface area contributed by atoms with E-state index in [0.717, 1.165) is 11.1 Å². The molecule has 1 aliphatic carbocycles. The lowest BCUT2D eigenvalue weighted by molar-refractivity contribution is -0.577. The fraction of sp³-hybridized carbons (Fsp3) is 0.0870. The number of allylic oxidation sites excluding steroid dienone is 2. The van der Waals surface area contributed by atoms with Gasteiger partial charge in [0.1, 0.15) is 0 Å². The quantitative estimate of drug-likeness (QED) is 0.425. The molecule has 0 saturated heterocycles. The number of Topliss-reactive ketones (excluding diaryl/α,β-unsaturated/α-hetero) is 2. The smallest absolute Gasteiger partial charge is 0.286 e. The highest BCUT2D eigenvalue weighted by Crippen LogP contribution is 2.30. The number of carbonyl (C=O) groups excluding carboxylic acids is 2. The van der Waals surface area contributed by atoms with Gasteiger partial charge in [-0.3, -0.25) is 9.59 Å². The van der Waals surface area contributed by atoms with E-state index < -0.39 is 0 Å². The molecule has 6 heteroatoms. The maximum Gasteiger partial charge on any atom is 0.286 e. The normalized spacial score (nSPS) is 13.1. The zero-order valence-electron chi connectivity index (χ0n) is 15.9. The largest absolute Gasteiger partial charge is 1.00 e. The molecule has 0 bridgehead atoms. The summed E-state index contributed by atoms with van der Waals surface area (Å²) in [5.41, 5.74) is 3.89. The molecule has 0 amide bonds. The summed E-state index contributed by atoms with van der Waals surface area (Å²) < 4.78 is 1.69. The van der Waals surface area contributed by atoms with Crippen LogP contribution in [0, 0.1) is 13.8 Å². The Morgan fingerprint density at radius 3 is 2.10 bits per heavy atom. The number of pyridine rings is 1. The molecule has 4 nitrogen and oxygen atoms in total. The number of hydrogen-bond donors (Lipinski definition) is 1. The second kappa shape index (κ2) is 8.47. The third kappa shape index (κ3) is 3.84. The molecular formula is C23H18ClIN2O2. The van der Waals surface area contributed by atoms with Crippen LogP contribution in [0.4, 0.5) is 5.69 Å². The molecule has 0 aliphatic heterocycles. The Morgan fingerprint density at radius 1 is 0.828 bits per heavy atom. The molecule has 1 heterocycles. The van der Waals surface area contributed by atoms with Crippen LogP contribution in [0.25, 0.3) is 5.70 Å². The Balaban J connectivity index is 0.00000240. The van der Waals surface area contributed by atoms with Crippen LogP contribution in [0.1, 0.15) is 31.8 Å². The van der Waals surface area contributed by atoms with E-state index in [2.05, 4.69) is 5.32 Å². The summed E-state index contributed by atoms with van der Waals surface area (Å²) in [6, 6.07) is 16.1. The fourth-order valence-electron chi connectivity index (χ4n) is 3.25. The number of hydrogen-bond acceptors (Lipinski definition) is 3. The van der Waals surface area contributed by atoms with Crippen molar-refractivity contribution < 1.29 is 38.1 Å². The molecule has 0 saturated carbocycles. The summed E-state index contributed by atoms with van der Waals surface area (Å²) in [6.45, 7) is 3.84. The zero-order chi connectivity index (χ0) is 19.8. The van der Waals surface area contributed by atoms with Crippen LogP contribution in [0.15, 0.2) is 72.7 Å². The minimum atomic E-state index is -0.224. The number of aromatic nitrogens is 1. The number of benzene rings is 2. The third-order valence-corrected chi connectivity index (χ3v) is 5.29. The predicted octanol–water partition coefficient (Wildman–Crippen LogP) is 1.61. The SMILES string of the molecule is Cc1cc[n+](C2=C(Nc3cccc(Cl)c3C)C(=O)c3ccccc3C2=O)cc1.[I-]. The Labute approximate surface area is 191 Å². The van der Waals surface area contributed by atoms with Crippen LogP contribution in [0.5, 0.6) is 0 Å². The molecule has 0 unspecified atom stereocenters. The van der Waals surface area contributed by atoms with Crippen LogP contribution in [-0.4, -0.2) is 11.6 Å². The van der Waals surface area contributed by atoms with Crippen LogP contribution in [-0.2, 0) is 0 Å². The van der Waals surface area contributed by atoms with Gasteiger partial charge in [0.25, 0.3) is 11.5 Å². The highest BCUT2D eigenvalue weighted by Gasteiger charge is 2.38. The maximum absolute atomic E-state index is 13.3. The number of fused-ring (bicyclic) bond motifs is 1. The molecule has 1 aliphatic rings. The monoisotopic (exact) mass is 516 g/mol. The molecule has 2 aromatic carbocycles. The van der Waals surface area contributed by atoms with Gasteiger partial charge in [-0.05, 0) is 37.1 Å². The van der Waals surface area contributed by atoms with E-state index in [1.54, 1.807) is 53.4 Å². The van der Waals surface area contributed by atoms with E-state index in [4.69, 9.17) is 11.6 Å². The second-order valence-electron chi connectivity index (χ2n) is 6.75. The molecule has 0 atom stereocenters.